The van der Waals surface area contributed by atoms with Crippen molar-refractivity contribution >= 4 is 17.6 Å². The summed E-state index contributed by atoms with van der Waals surface area (Å²) < 4.78 is 0. The van der Waals surface area contributed by atoms with E-state index >= 15 is 0 Å². The highest BCUT2D eigenvalue weighted by Gasteiger charge is 2.20. The maximum atomic E-state index is 12.3. The summed E-state index contributed by atoms with van der Waals surface area (Å²) in [4.78, 5) is 23.2. The van der Waals surface area contributed by atoms with E-state index in [-0.39, 0.29) is 6.02 Å². The molecule has 7 heteroatoms. The van der Waals surface area contributed by atoms with Crippen LogP contribution in [0.15, 0.2) is 29.3 Å². The van der Waals surface area contributed by atoms with Crippen LogP contribution in [0.4, 0.5) is 5.69 Å². The molecule has 0 aromatic heterocycles. The van der Waals surface area contributed by atoms with Crippen molar-refractivity contribution in [3.05, 3.63) is 29.8 Å². The van der Waals surface area contributed by atoms with Crippen LogP contribution in [0.1, 0.15) is 10.4 Å². The third-order valence-electron chi connectivity index (χ3n) is 2.33. The first-order chi connectivity index (χ1) is 9.01. The lowest BCUT2D eigenvalue weighted by Gasteiger charge is -2.24. The molecule has 0 aliphatic carbocycles. The van der Waals surface area contributed by atoms with Gasteiger partial charge in [0.05, 0.1) is 5.56 Å². The predicted molar refractivity (Wildman–Crippen MR) is 74.2 cm³/mol. The quantitative estimate of drug-likeness (QED) is 0.348. The number of carbonyl (C=O) groups is 1. The van der Waals surface area contributed by atoms with Crippen molar-refractivity contribution in [2.45, 2.75) is 0 Å². The Morgan fingerprint density at radius 1 is 1.37 bits per heavy atom. The van der Waals surface area contributed by atoms with Gasteiger partial charge in [-0.1, -0.05) is 17.3 Å². The van der Waals surface area contributed by atoms with Crippen LogP contribution in [0.3, 0.4) is 0 Å². The van der Waals surface area contributed by atoms with Crippen molar-refractivity contribution in [2.24, 2.45) is 4.99 Å². The second-order valence-corrected chi connectivity index (χ2v) is 3.90. The highest BCUT2D eigenvalue weighted by atomic mass is 16.7. The Hall–Kier alpha value is -2.28. The summed E-state index contributed by atoms with van der Waals surface area (Å²) >= 11 is 0. The van der Waals surface area contributed by atoms with Gasteiger partial charge in [-0.05, 0) is 12.1 Å². The number of benzene rings is 1. The molecule has 0 bridgehead atoms. The first-order valence-electron chi connectivity index (χ1n) is 5.69. The van der Waals surface area contributed by atoms with E-state index < -0.39 is 5.91 Å². The minimum absolute atomic E-state index is 0.289. The van der Waals surface area contributed by atoms with Crippen molar-refractivity contribution in [3.8, 4) is 0 Å². The monoisotopic (exact) mass is 265 g/mol. The summed E-state index contributed by atoms with van der Waals surface area (Å²) in [6, 6.07) is 7.07. The molecule has 1 amide bonds. The van der Waals surface area contributed by atoms with Crippen molar-refractivity contribution in [3.63, 3.8) is 0 Å². The first kappa shape index (κ1) is 14.8. The standard InChI is InChI=1S/C12H19N5O2/c1-14-12(16(3)4)19-17(15-2)11(18)9-7-5-6-8-10(9)13/h5-8,15H,13H2,1-4H3. The molecule has 104 valence electrons. The molecule has 0 aliphatic rings. The van der Waals surface area contributed by atoms with Gasteiger partial charge in [-0.3, -0.25) is 4.79 Å². The fourth-order valence-corrected chi connectivity index (χ4v) is 1.39. The van der Waals surface area contributed by atoms with E-state index in [2.05, 4.69) is 10.4 Å². The summed E-state index contributed by atoms with van der Waals surface area (Å²) in [6.45, 7) is 0. The SMILES string of the molecule is CN=C(ON(NC)C(=O)c1ccccc1N)N(C)C. The van der Waals surface area contributed by atoms with E-state index in [0.29, 0.717) is 11.3 Å². The Labute approximate surface area is 112 Å². The minimum Gasteiger partial charge on any atom is -0.398 e. The smallest absolute Gasteiger partial charge is 0.316 e. The average molecular weight is 265 g/mol. The van der Waals surface area contributed by atoms with E-state index in [9.17, 15) is 4.79 Å². The number of anilines is 1. The van der Waals surface area contributed by atoms with E-state index in [4.69, 9.17) is 10.6 Å². The van der Waals surface area contributed by atoms with Crippen LogP contribution >= 0.6 is 0 Å². The lowest BCUT2D eigenvalue weighted by molar-refractivity contribution is -0.0851. The van der Waals surface area contributed by atoms with Gasteiger partial charge in [0, 0.05) is 33.9 Å². The molecule has 3 N–H and O–H groups in total. The molecule has 0 unspecified atom stereocenters. The Bertz CT molecular complexity index is 473. The number of nitrogens with two attached hydrogens (primary N) is 1. The molecule has 1 aromatic rings. The van der Waals surface area contributed by atoms with Crippen LogP contribution in [0, 0.1) is 0 Å². The number of nitrogens with zero attached hydrogens (tertiary/aromatic N) is 3. The molecule has 0 radical (unpaired) electrons. The number of hydroxylamine groups is 1. The zero-order chi connectivity index (χ0) is 14.4. The van der Waals surface area contributed by atoms with Gasteiger partial charge in [-0.25, -0.2) is 4.99 Å². The molecule has 0 spiro atoms. The predicted octanol–water partition coefficient (Wildman–Crippen LogP) is 0.324. The van der Waals surface area contributed by atoms with Crippen LogP contribution in [-0.2, 0) is 4.84 Å². The Morgan fingerprint density at radius 2 is 2.00 bits per heavy atom. The van der Waals surface area contributed by atoms with Crippen molar-refractivity contribution in [2.75, 3.05) is 33.9 Å². The van der Waals surface area contributed by atoms with Crippen LogP contribution in [-0.4, -0.2) is 50.2 Å². The largest absolute Gasteiger partial charge is 0.398 e. The molecule has 0 aliphatic heterocycles. The molecule has 0 heterocycles. The number of hydrazine groups is 1. The lowest BCUT2D eigenvalue weighted by Crippen LogP contribution is -2.45. The van der Waals surface area contributed by atoms with Crippen molar-refractivity contribution < 1.29 is 9.63 Å². The number of amidine groups is 1. The topological polar surface area (TPSA) is 83.2 Å². The molecule has 1 aromatic carbocycles. The summed E-state index contributed by atoms with van der Waals surface area (Å²) in [6.07, 6.45) is 0. The summed E-state index contributed by atoms with van der Waals surface area (Å²) in [7, 11) is 6.67. The van der Waals surface area contributed by atoms with Crippen molar-refractivity contribution in [1.82, 2.24) is 15.5 Å². The maximum Gasteiger partial charge on any atom is 0.316 e. The fourth-order valence-electron chi connectivity index (χ4n) is 1.39. The Kier molecular flexibility index (Phi) is 5.13. The van der Waals surface area contributed by atoms with Gasteiger partial charge in [0.1, 0.15) is 0 Å². The van der Waals surface area contributed by atoms with Crippen LogP contribution < -0.4 is 11.2 Å². The molecule has 1 rings (SSSR count). The van der Waals surface area contributed by atoms with Gasteiger partial charge in [0.2, 0.25) is 0 Å². The number of rotatable bonds is 2. The average Bonchev–Trinajstić information content (AvgIpc) is 2.39. The normalized spacial score (nSPS) is 11.1. The number of nitrogen functional groups attached to an aromatic ring is 1. The van der Waals surface area contributed by atoms with Gasteiger partial charge in [0.25, 0.3) is 0 Å². The van der Waals surface area contributed by atoms with Gasteiger partial charge in [-0.2, -0.15) is 5.43 Å². The fraction of sp³-hybridized carbons (Fsp3) is 0.333. The summed E-state index contributed by atoms with van der Waals surface area (Å²) in [5.74, 6) is -0.399. The summed E-state index contributed by atoms with van der Waals surface area (Å²) in [5, 5.41) is 0.980. The highest BCUT2D eigenvalue weighted by molar-refractivity contribution is 5.98. The second-order valence-electron chi connectivity index (χ2n) is 3.90. The number of para-hydroxylation sites is 1. The second kappa shape index (κ2) is 6.60. The van der Waals surface area contributed by atoms with E-state index in [1.165, 1.54) is 0 Å². The third kappa shape index (κ3) is 3.59. The van der Waals surface area contributed by atoms with E-state index in [1.54, 1.807) is 57.4 Å². The molecule has 0 atom stereocenters. The number of hydrogen-bond donors (Lipinski definition) is 2. The highest BCUT2D eigenvalue weighted by Crippen LogP contribution is 2.13. The van der Waals surface area contributed by atoms with Gasteiger partial charge >= 0.3 is 11.9 Å². The maximum absolute atomic E-state index is 12.3. The van der Waals surface area contributed by atoms with Crippen LogP contribution in [0.25, 0.3) is 0 Å². The number of nitrogens with one attached hydrogen (secondary N) is 1. The molecular formula is C12H19N5O2. The zero-order valence-corrected chi connectivity index (χ0v) is 11.5. The third-order valence-corrected chi connectivity index (χ3v) is 2.33. The number of carbonyl (C=O) groups excluding carboxylic acids is 1. The van der Waals surface area contributed by atoms with E-state index in [1.807, 2.05) is 0 Å². The molecule has 7 nitrogen and oxygen atoms in total. The minimum atomic E-state index is -0.399. The molecular weight excluding hydrogens is 246 g/mol. The Morgan fingerprint density at radius 3 is 2.47 bits per heavy atom. The molecule has 0 saturated heterocycles. The number of amides is 1. The molecule has 19 heavy (non-hydrogen) atoms. The number of hydrogen-bond acceptors (Lipinski definition) is 5. The molecule has 0 saturated carbocycles. The van der Waals surface area contributed by atoms with Crippen LogP contribution in [0.5, 0.6) is 0 Å². The van der Waals surface area contributed by atoms with Gasteiger partial charge in [0.15, 0.2) is 0 Å². The lowest BCUT2D eigenvalue weighted by atomic mass is 10.2. The Balaban J connectivity index is 2.92. The first-order valence-corrected chi connectivity index (χ1v) is 5.69. The zero-order valence-electron chi connectivity index (χ0n) is 11.5. The van der Waals surface area contributed by atoms with Crippen molar-refractivity contribution in [1.29, 1.82) is 0 Å². The van der Waals surface area contributed by atoms with Gasteiger partial charge < -0.3 is 15.5 Å². The summed E-state index contributed by atoms with van der Waals surface area (Å²) in [5.41, 5.74) is 9.15. The molecule has 0 fully saturated rings. The van der Waals surface area contributed by atoms with Crippen LogP contribution in [0.2, 0.25) is 0 Å². The van der Waals surface area contributed by atoms with E-state index in [0.717, 1.165) is 5.17 Å². The van der Waals surface area contributed by atoms with Gasteiger partial charge in [-0.15, -0.1) is 0 Å². The number of aliphatic imine (C=N–C) groups is 1.